The predicted molar refractivity (Wildman–Crippen MR) is 145 cm³/mol. The van der Waals surface area contributed by atoms with Crippen LogP contribution < -0.4 is 5.32 Å². The van der Waals surface area contributed by atoms with E-state index in [4.69, 9.17) is 15.3 Å². The number of likely N-dealkylation sites (tertiary alicyclic amines) is 1. The quantitative estimate of drug-likeness (QED) is 0.274. The van der Waals surface area contributed by atoms with Gasteiger partial charge in [0.15, 0.2) is 0 Å². The molecule has 0 atom stereocenters. The van der Waals surface area contributed by atoms with Crippen LogP contribution in [-0.4, -0.2) is 68.9 Å². The smallest absolute Gasteiger partial charge is 0.328 e. The van der Waals surface area contributed by atoms with Crippen LogP contribution in [0.1, 0.15) is 25.7 Å². The Morgan fingerprint density at radius 3 is 2.00 bits per heavy atom. The van der Waals surface area contributed by atoms with Crippen molar-refractivity contribution in [3.05, 3.63) is 79.0 Å². The van der Waals surface area contributed by atoms with Gasteiger partial charge >= 0.3 is 11.9 Å². The maximum atomic E-state index is 12.5. The SMILES string of the molecule is O=C(Cn1cc(-c2ccccc2)c(-c2ccccc2)n1)NCCCN1CCCCC1.O=C(O)/C=C/C(=O)O. The fourth-order valence-corrected chi connectivity index (χ4v) is 4.20. The average molecular weight is 519 g/mol. The van der Waals surface area contributed by atoms with Gasteiger partial charge < -0.3 is 20.4 Å². The first kappa shape index (κ1) is 28.3. The number of nitrogens with zero attached hydrogens (tertiary/aromatic N) is 3. The predicted octanol–water partition coefficient (Wildman–Crippen LogP) is 3.92. The van der Waals surface area contributed by atoms with E-state index >= 15 is 0 Å². The summed E-state index contributed by atoms with van der Waals surface area (Å²) >= 11 is 0. The van der Waals surface area contributed by atoms with Crippen LogP contribution in [0.4, 0.5) is 0 Å². The summed E-state index contributed by atoms with van der Waals surface area (Å²) in [6.07, 6.45) is 8.05. The van der Waals surface area contributed by atoms with E-state index in [1.165, 1.54) is 32.4 Å². The zero-order valence-corrected chi connectivity index (χ0v) is 21.3. The van der Waals surface area contributed by atoms with Crippen molar-refractivity contribution in [2.45, 2.75) is 32.2 Å². The number of aliphatic carboxylic acids is 2. The first-order chi connectivity index (χ1) is 18.4. The molecule has 2 aromatic carbocycles. The topological polar surface area (TPSA) is 125 Å². The molecule has 9 heteroatoms. The molecule has 1 aliphatic heterocycles. The second-order valence-electron chi connectivity index (χ2n) is 8.94. The van der Waals surface area contributed by atoms with Gasteiger partial charge in [-0.25, -0.2) is 9.59 Å². The number of carbonyl (C=O) groups is 3. The third-order valence-corrected chi connectivity index (χ3v) is 5.99. The summed E-state index contributed by atoms with van der Waals surface area (Å²) in [6, 6.07) is 20.3. The van der Waals surface area contributed by atoms with E-state index in [1.54, 1.807) is 4.68 Å². The van der Waals surface area contributed by atoms with E-state index in [9.17, 15) is 14.4 Å². The van der Waals surface area contributed by atoms with Crippen LogP contribution in [0.5, 0.6) is 0 Å². The van der Waals surface area contributed by atoms with Crippen molar-refractivity contribution in [2.75, 3.05) is 26.2 Å². The number of aromatic nitrogens is 2. The lowest BCUT2D eigenvalue weighted by molar-refractivity contribution is -0.134. The molecule has 3 aromatic rings. The molecule has 0 saturated carbocycles. The van der Waals surface area contributed by atoms with Crippen LogP contribution in [0.3, 0.4) is 0 Å². The fourth-order valence-electron chi connectivity index (χ4n) is 4.20. The monoisotopic (exact) mass is 518 g/mol. The van der Waals surface area contributed by atoms with E-state index in [-0.39, 0.29) is 12.5 Å². The molecule has 0 aliphatic carbocycles. The third-order valence-electron chi connectivity index (χ3n) is 5.99. The normalized spacial score (nSPS) is 13.5. The summed E-state index contributed by atoms with van der Waals surface area (Å²) in [6.45, 7) is 4.42. The number of nitrogens with one attached hydrogen (secondary N) is 1. The van der Waals surface area contributed by atoms with Gasteiger partial charge in [0, 0.05) is 36.0 Å². The Hall–Kier alpha value is -4.24. The highest BCUT2D eigenvalue weighted by Gasteiger charge is 2.15. The molecular formula is C29H34N4O5. The minimum Gasteiger partial charge on any atom is -0.478 e. The molecule has 0 spiro atoms. The second kappa shape index (κ2) is 15.1. The molecule has 9 nitrogen and oxygen atoms in total. The van der Waals surface area contributed by atoms with E-state index in [2.05, 4.69) is 34.5 Å². The summed E-state index contributed by atoms with van der Waals surface area (Å²) < 4.78 is 1.75. The molecule has 0 radical (unpaired) electrons. The lowest BCUT2D eigenvalue weighted by Gasteiger charge is -2.26. The van der Waals surface area contributed by atoms with Crippen LogP contribution in [0, 0.1) is 0 Å². The van der Waals surface area contributed by atoms with Gasteiger partial charge in [-0.05, 0) is 44.5 Å². The zero-order valence-electron chi connectivity index (χ0n) is 21.3. The molecule has 4 rings (SSSR count). The summed E-state index contributed by atoms with van der Waals surface area (Å²) in [5.74, 6) is -2.50. The number of carbonyl (C=O) groups excluding carboxylic acids is 1. The molecule has 1 amide bonds. The molecule has 1 aromatic heterocycles. The fraction of sp³-hybridized carbons (Fsp3) is 0.310. The Morgan fingerprint density at radius 2 is 1.42 bits per heavy atom. The van der Waals surface area contributed by atoms with Crippen LogP contribution in [0.25, 0.3) is 22.4 Å². The van der Waals surface area contributed by atoms with E-state index < -0.39 is 11.9 Å². The Bertz CT molecular complexity index is 1130. The zero-order chi connectivity index (χ0) is 27.2. The molecule has 1 fully saturated rings. The highest BCUT2D eigenvalue weighted by atomic mass is 16.4. The van der Waals surface area contributed by atoms with Gasteiger partial charge in [0.1, 0.15) is 12.2 Å². The average Bonchev–Trinajstić information content (AvgIpc) is 3.35. The highest BCUT2D eigenvalue weighted by molar-refractivity contribution is 5.89. The number of benzene rings is 2. The Labute approximate surface area is 222 Å². The molecular weight excluding hydrogens is 484 g/mol. The molecule has 0 unspecified atom stereocenters. The molecule has 1 saturated heterocycles. The van der Waals surface area contributed by atoms with Crippen molar-refractivity contribution in [1.29, 1.82) is 0 Å². The van der Waals surface area contributed by atoms with Crippen molar-refractivity contribution < 1.29 is 24.6 Å². The standard InChI is InChI=1S/C25H30N4O.C4H4O4/c30-24(26-15-10-18-28-16-8-3-9-17-28)20-29-19-23(21-11-4-1-5-12-21)25(27-29)22-13-6-2-7-14-22;5-3(6)1-2-4(7)8/h1-2,4-7,11-14,19H,3,8-10,15-18,20H2,(H,26,30);1-2H,(H,5,6)(H,7,8)/b;2-1+. The molecule has 2 heterocycles. The van der Waals surface area contributed by atoms with E-state index in [0.717, 1.165) is 35.3 Å². The number of carboxylic acid groups (broad SMARTS) is 2. The van der Waals surface area contributed by atoms with Gasteiger partial charge in [-0.1, -0.05) is 67.1 Å². The second-order valence-corrected chi connectivity index (χ2v) is 8.94. The first-order valence-electron chi connectivity index (χ1n) is 12.7. The number of carboxylic acids is 2. The van der Waals surface area contributed by atoms with Gasteiger partial charge in [0.05, 0.1) is 0 Å². The van der Waals surface area contributed by atoms with Gasteiger partial charge in [0.2, 0.25) is 5.91 Å². The van der Waals surface area contributed by atoms with Crippen LogP contribution in [0.15, 0.2) is 79.0 Å². The number of rotatable bonds is 10. The summed E-state index contributed by atoms with van der Waals surface area (Å²) in [7, 11) is 0. The summed E-state index contributed by atoms with van der Waals surface area (Å²) in [4.78, 5) is 34.1. The van der Waals surface area contributed by atoms with Crippen LogP contribution in [0.2, 0.25) is 0 Å². The number of hydrogen-bond acceptors (Lipinski definition) is 5. The Balaban J connectivity index is 0.000000436. The lowest BCUT2D eigenvalue weighted by Crippen LogP contribution is -2.34. The maximum absolute atomic E-state index is 12.5. The van der Waals surface area contributed by atoms with Gasteiger partial charge in [0.25, 0.3) is 0 Å². The Morgan fingerprint density at radius 1 is 0.842 bits per heavy atom. The van der Waals surface area contributed by atoms with E-state index in [1.807, 2.05) is 42.6 Å². The van der Waals surface area contributed by atoms with Crippen molar-refractivity contribution in [3.8, 4) is 22.4 Å². The number of piperidine rings is 1. The molecule has 200 valence electrons. The van der Waals surface area contributed by atoms with Crippen molar-refractivity contribution in [1.82, 2.24) is 20.0 Å². The first-order valence-corrected chi connectivity index (χ1v) is 12.7. The minimum atomic E-state index is -1.26. The van der Waals surface area contributed by atoms with Crippen molar-refractivity contribution >= 4 is 17.8 Å². The molecule has 3 N–H and O–H groups in total. The van der Waals surface area contributed by atoms with Crippen molar-refractivity contribution in [3.63, 3.8) is 0 Å². The summed E-state index contributed by atoms with van der Waals surface area (Å²) in [5, 5.41) is 23.4. The van der Waals surface area contributed by atoms with Crippen molar-refractivity contribution in [2.24, 2.45) is 0 Å². The molecule has 1 aliphatic rings. The van der Waals surface area contributed by atoms with Gasteiger partial charge in [-0.2, -0.15) is 5.10 Å². The third kappa shape index (κ3) is 9.67. The summed E-state index contributed by atoms with van der Waals surface area (Å²) in [5.41, 5.74) is 4.10. The largest absolute Gasteiger partial charge is 0.478 e. The lowest BCUT2D eigenvalue weighted by atomic mass is 10.0. The maximum Gasteiger partial charge on any atom is 0.328 e. The highest BCUT2D eigenvalue weighted by Crippen LogP contribution is 2.30. The van der Waals surface area contributed by atoms with Gasteiger partial charge in [-0.3, -0.25) is 9.48 Å². The van der Waals surface area contributed by atoms with Crippen LogP contribution >= 0.6 is 0 Å². The number of hydrogen-bond donors (Lipinski definition) is 3. The molecule has 38 heavy (non-hydrogen) atoms. The van der Waals surface area contributed by atoms with Gasteiger partial charge in [-0.15, -0.1) is 0 Å². The molecule has 0 bridgehead atoms. The Kier molecular flexibility index (Phi) is 11.3. The number of amides is 1. The minimum absolute atomic E-state index is 0.00960. The van der Waals surface area contributed by atoms with Crippen LogP contribution in [-0.2, 0) is 20.9 Å². The van der Waals surface area contributed by atoms with E-state index in [0.29, 0.717) is 18.7 Å².